The average molecular weight is 805 g/mol. The Kier molecular flexibility index (Phi) is 11.2. The lowest BCUT2D eigenvalue weighted by atomic mass is 9.92. The Morgan fingerprint density at radius 3 is 2.15 bits per heavy atom. The molecule has 4 amide bonds. The second-order valence-electron chi connectivity index (χ2n) is 16.3. The number of hydrogen-bond donors (Lipinski definition) is 1. The van der Waals surface area contributed by atoms with Gasteiger partial charge >= 0.3 is 0 Å². The van der Waals surface area contributed by atoms with Crippen molar-refractivity contribution >= 4 is 45.9 Å². The van der Waals surface area contributed by atoms with Crippen LogP contribution in [0.2, 0.25) is 0 Å². The fourth-order valence-corrected chi connectivity index (χ4v) is 9.03. The molecule has 4 aliphatic rings. The van der Waals surface area contributed by atoms with E-state index in [0.29, 0.717) is 29.0 Å². The van der Waals surface area contributed by atoms with Gasteiger partial charge in [0.1, 0.15) is 23.4 Å². The zero-order chi connectivity index (χ0) is 41.5. The van der Waals surface area contributed by atoms with Crippen LogP contribution in [0.15, 0.2) is 53.6 Å². The fourth-order valence-electron chi connectivity index (χ4n) is 9.03. The van der Waals surface area contributed by atoms with E-state index in [1.807, 2.05) is 49.5 Å². The minimum Gasteiger partial charge on any atom is -0.496 e. The van der Waals surface area contributed by atoms with E-state index < -0.39 is 23.8 Å². The van der Waals surface area contributed by atoms with Gasteiger partial charge in [0.25, 0.3) is 17.4 Å². The summed E-state index contributed by atoms with van der Waals surface area (Å²) in [6, 6.07) is 10.4. The molecule has 4 aromatic rings. The molecule has 0 saturated carbocycles. The molecule has 1 unspecified atom stereocenters. The van der Waals surface area contributed by atoms with E-state index in [1.165, 1.54) is 0 Å². The van der Waals surface area contributed by atoms with Crippen LogP contribution < -0.4 is 30.1 Å². The van der Waals surface area contributed by atoms with E-state index >= 15 is 0 Å². The lowest BCUT2D eigenvalue weighted by Crippen LogP contribution is -2.54. The average Bonchev–Trinajstić information content (AvgIpc) is 3.49. The number of aryl methyl sites for hydroxylation is 1. The number of imide groups is 2. The van der Waals surface area contributed by atoms with Gasteiger partial charge in [0.2, 0.25) is 11.8 Å². The molecule has 59 heavy (non-hydrogen) atoms. The zero-order valence-corrected chi connectivity index (χ0v) is 34.5. The summed E-state index contributed by atoms with van der Waals surface area (Å²) < 4.78 is 13.6. The number of hydrogen-bond acceptors (Lipinski definition) is 12. The monoisotopic (exact) mass is 804 g/mol. The maximum Gasteiger partial charge on any atom is 0.262 e. The van der Waals surface area contributed by atoms with Gasteiger partial charge in [0, 0.05) is 89.3 Å². The second kappa shape index (κ2) is 16.5. The van der Waals surface area contributed by atoms with Crippen molar-refractivity contribution in [3.05, 3.63) is 75.8 Å². The number of amides is 4. The number of fused-ring (bicyclic) bond motifs is 2. The fraction of sp³-hybridized carbons (Fsp3) is 0.455. The van der Waals surface area contributed by atoms with Gasteiger partial charge in [-0.05, 0) is 93.2 Å². The molecular weight excluding hydrogens is 753 g/mol. The van der Waals surface area contributed by atoms with Crippen molar-refractivity contribution in [2.24, 2.45) is 13.0 Å². The molecule has 1 N–H and O–H groups in total. The Morgan fingerprint density at radius 1 is 0.797 bits per heavy atom. The Hall–Kier alpha value is -5.80. The summed E-state index contributed by atoms with van der Waals surface area (Å²) in [4.78, 5) is 78.3. The predicted octanol–water partition coefficient (Wildman–Crippen LogP) is 3.51. The standard InChI is InChI=1S/C44H52N8O7/c1-47(2)39-23-31-33(24-45-39)42(55)48(3)25-34(31)28-20-37(58-4)35(38(21-28)59-5)26-50-14-11-27(12-15-50)10-13-49-16-18-51(19-17-49)29-6-7-30-32(22-29)44(57)52(43(30)56)36-8-9-40(53)46-41(36)54/h6-7,20-25,27,36H,8-19,26H2,1-5H3,(H,46,53,54). The largest absolute Gasteiger partial charge is 0.496 e. The Labute approximate surface area is 343 Å². The van der Waals surface area contributed by atoms with Crippen LogP contribution in [0.4, 0.5) is 11.5 Å². The molecule has 15 nitrogen and oxygen atoms in total. The maximum absolute atomic E-state index is 13.4. The first-order valence-corrected chi connectivity index (χ1v) is 20.4. The van der Waals surface area contributed by atoms with Crippen molar-refractivity contribution in [1.29, 1.82) is 0 Å². The van der Waals surface area contributed by atoms with E-state index in [2.05, 4.69) is 25.0 Å². The van der Waals surface area contributed by atoms with Gasteiger partial charge in [0.05, 0.1) is 36.3 Å². The third-order valence-electron chi connectivity index (χ3n) is 12.5. The van der Waals surface area contributed by atoms with Crippen LogP contribution in [0.1, 0.15) is 58.4 Å². The van der Waals surface area contributed by atoms with Crippen molar-refractivity contribution in [3.63, 3.8) is 0 Å². The highest BCUT2D eigenvalue weighted by Crippen LogP contribution is 2.39. The van der Waals surface area contributed by atoms with E-state index in [1.54, 1.807) is 44.2 Å². The van der Waals surface area contributed by atoms with Crippen LogP contribution in [0.3, 0.4) is 0 Å². The Bertz CT molecular complexity index is 2350. The SMILES string of the molecule is COc1cc(-c2cn(C)c(=O)c3cnc(N(C)C)cc23)cc(OC)c1CN1CCC(CCN2CCN(c3ccc4c(c3)C(=O)N(C3CCC(=O)NC3=O)C4=O)CC2)CC1. The first kappa shape index (κ1) is 40.0. The van der Waals surface area contributed by atoms with Crippen molar-refractivity contribution in [2.45, 2.75) is 44.7 Å². The minimum atomic E-state index is -0.970. The van der Waals surface area contributed by atoms with Gasteiger partial charge in [-0.2, -0.15) is 0 Å². The smallest absolute Gasteiger partial charge is 0.262 e. The molecule has 0 bridgehead atoms. The highest BCUT2D eigenvalue weighted by atomic mass is 16.5. The van der Waals surface area contributed by atoms with E-state index in [4.69, 9.17) is 9.47 Å². The predicted molar refractivity (Wildman–Crippen MR) is 224 cm³/mol. The molecule has 8 rings (SSSR count). The number of nitrogens with one attached hydrogen (secondary N) is 1. The molecule has 310 valence electrons. The highest BCUT2D eigenvalue weighted by Gasteiger charge is 2.45. The summed E-state index contributed by atoms with van der Waals surface area (Å²) in [5.41, 5.74) is 4.20. The van der Waals surface area contributed by atoms with Gasteiger partial charge < -0.3 is 23.8 Å². The molecule has 3 saturated heterocycles. The summed E-state index contributed by atoms with van der Waals surface area (Å²) in [6.07, 6.45) is 7.12. The number of carbonyl (C=O) groups is 4. The van der Waals surface area contributed by atoms with Gasteiger partial charge in [-0.3, -0.25) is 44.0 Å². The van der Waals surface area contributed by atoms with Crippen LogP contribution in [0.25, 0.3) is 21.9 Å². The normalized spacial score (nSPS) is 19.4. The number of anilines is 2. The second-order valence-corrected chi connectivity index (χ2v) is 16.3. The van der Waals surface area contributed by atoms with Crippen LogP contribution in [0.5, 0.6) is 11.5 Å². The molecular formula is C44H52N8O7. The molecule has 4 aliphatic heterocycles. The van der Waals surface area contributed by atoms with Crippen LogP contribution in [0, 0.1) is 5.92 Å². The lowest BCUT2D eigenvalue weighted by molar-refractivity contribution is -0.136. The summed E-state index contributed by atoms with van der Waals surface area (Å²) in [5.74, 6) is 0.947. The number of benzene rings is 2. The molecule has 0 aliphatic carbocycles. The summed E-state index contributed by atoms with van der Waals surface area (Å²) in [5, 5.41) is 3.63. The van der Waals surface area contributed by atoms with Crippen LogP contribution in [-0.4, -0.2) is 128 Å². The summed E-state index contributed by atoms with van der Waals surface area (Å²) in [7, 11) is 9.00. The molecule has 2 aromatic heterocycles. The molecule has 6 heterocycles. The third kappa shape index (κ3) is 7.76. The van der Waals surface area contributed by atoms with Gasteiger partial charge in [-0.25, -0.2) is 4.98 Å². The molecule has 15 heteroatoms. The maximum atomic E-state index is 13.4. The molecule has 1 atom stereocenters. The van der Waals surface area contributed by atoms with E-state index in [0.717, 1.165) is 115 Å². The zero-order valence-electron chi connectivity index (χ0n) is 34.5. The minimum absolute atomic E-state index is 0.0942. The Morgan fingerprint density at radius 2 is 1.49 bits per heavy atom. The molecule has 2 aromatic carbocycles. The number of aromatic nitrogens is 2. The summed E-state index contributed by atoms with van der Waals surface area (Å²) in [6.45, 7) is 7.15. The number of piperazine rings is 1. The number of rotatable bonds is 11. The number of methoxy groups -OCH3 is 2. The van der Waals surface area contributed by atoms with E-state index in [9.17, 15) is 24.0 Å². The quantitative estimate of drug-likeness (QED) is 0.221. The van der Waals surface area contributed by atoms with Crippen molar-refractivity contribution < 1.29 is 28.7 Å². The van der Waals surface area contributed by atoms with E-state index in [-0.39, 0.29) is 24.3 Å². The third-order valence-corrected chi connectivity index (χ3v) is 12.5. The summed E-state index contributed by atoms with van der Waals surface area (Å²) >= 11 is 0. The number of ether oxygens (including phenoxy) is 2. The van der Waals surface area contributed by atoms with Gasteiger partial charge in [-0.15, -0.1) is 0 Å². The Balaban J connectivity index is 0.849. The molecule has 3 fully saturated rings. The van der Waals surface area contributed by atoms with Crippen LogP contribution in [-0.2, 0) is 23.2 Å². The molecule has 0 spiro atoms. The number of nitrogens with zero attached hydrogens (tertiary/aromatic N) is 7. The van der Waals surface area contributed by atoms with Crippen molar-refractivity contribution in [1.82, 2.24) is 29.6 Å². The van der Waals surface area contributed by atoms with Crippen molar-refractivity contribution in [3.8, 4) is 22.6 Å². The van der Waals surface area contributed by atoms with Gasteiger partial charge in [-0.1, -0.05) is 0 Å². The van der Waals surface area contributed by atoms with Crippen LogP contribution >= 0.6 is 0 Å². The first-order valence-electron chi connectivity index (χ1n) is 20.4. The number of likely N-dealkylation sites (tertiary alicyclic amines) is 1. The number of pyridine rings is 2. The van der Waals surface area contributed by atoms with Gasteiger partial charge in [0.15, 0.2) is 0 Å². The number of carbonyl (C=O) groups excluding carboxylic acids is 4. The first-order chi connectivity index (χ1) is 28.4. The number of piperidine rings is 2. The van der Waals surface area contributed by atoms with Crippen molar-refractivity contribution in [2.75, 3.05) is 83.9 Å². The highest BCUT2D eigenvalue weighted by molar-refractivity contribution is 6.23. The lowest BCUT2D eigenvalue weighted by Gasteiger charge is -2.38. The molecule has 0 radical (unpaired) electrons. The topological polar surface area (TPSA) is 150 Å².